The lowest BCUT2D eigenvalue weighted by atomic mass is 9.79. The third-order valence-electron chi connectivity index (χ3n) is 8.67. The number of carbonyl (C=O) groups excluding carboxylic acids is 1. The number of carboxylic acid groups (broad SMARTS) is 1. The Kier molecular flexibility index (Phi) is 6.80. The molecule has 1 aliphatic carbocycles. The van der Waals surface area contributed by atoms with Gasteiger partial charge >= 0.3 is 5.97 Å². The van der Waals surface area contributed by atoms with E-state index >= 15 is 4.39 Å². The Labute approximate surface area is 212 Å². The van der Waals surface area contributed by atoms with Crippen LogP contribution in [-0.2, 0) is 35.4 Å². The summed E-state index contributed by atoms with van der Waals surface area (Å²) in [6.07, 6.45) is 7.81. The number of nitrogens with zero attached hydrogens (tertiary/aromatic N) is 1. The second-order valence-electron chi connectivity index (χ2n) is 10.9. The van der Waals surface area contributed by atoms with Crippen LogP contribution >= 0.6 is 0 Å². The first-order chi connectivity index (χ1) is 17.3. The van der Waals surface area contributed by atoms with E-state index in [0.717, 1.165) is 63.9 Å². The largest absolute Gasteiger partial charge is 0.490 e. The standard InChI is InChI=1S/C30H36FNO4/c1-17-21-10-7-11-36-30(21)26(31)12-23(17)29-19(3)25-16-32(15-20-8-5-4-6-9-20)27(33)13-22(25)18(2)24(29)14-28(34)35/h12,20H,4-11,13-16H2,1-3H3,(H,34,35). The van der Waals surface area contributed by atoms with Crippen LogP contribution < -0.4 is 4.74 Å². The SMILES string of the molecule is Cc1c(-c2c(C)c3c(c(C)c2CC(=O)O)CC(=O)N(CC2CCCCC2)C3)cc(F)c2c1CCCO2. The Balaban J connectivity index is 1.64. The first-order valence-electron chi connectivity index (χ1n) is 13.3. The monoisotopic (exact) mass is 493 g/mol. The van der Waals surface area contributed by atoms with Gasteiger partial charge in [-0.25, -0.2) is 4.39 Å². The molecule has 0 spiro atoms. The molecule has 0 aromatic heterocycles. The highest BCUT2D eigenvalue weighted by atomic mass is 19.1. The molecule has 3 aliphatic rings. The van der Waals surface area contributed by atoms with Gasteiger partial charge < -0.3 is 14.7 Å². The number of hydrogen-bond acceptors (Lipinski definition) is 3. The van der Waals surface area contributed by atoms with E-state index in [2.05, 4.69) is 0 Å². The van der Waals surface area contributed by atoms with Gasteiger partial charge in [-0.3, -0.25) is 9.59 Å². The Morgan fingerprint density at radius 3 is 2.53 bits per heavy atom. The van der Waals surface area contributed by atoms with Gasteiger partial charge in [0.1, 0.15) is 0 Å². The molecule has 2 aromatic rings. The molecule has 1 saturated carbocycles. The van der Waals surface area contributed by atoms with Crippen molar-refractivity contribution in [2.45, 2.75) is 85.1 Å². The minimum atomic E-state index is -0.931. The molecule has 1 N–H and O–H groups in total. The Hall–Kier alpha value is -2.89. The number of amides is 1. The summed E-state index contributed by atoms with van der Waals surface area (Å²) in [4.78, 5) is 27.1. The molecule has 0 bridgehead atoms. The average Bonchev–Trinajstić information content (AvgIpc) is 2.86. The fraction of sp³-hybridized carbons (Fsp3) is 0.533. The number of carbonyl (C=O) groups is 2. The van der Waals surface area contributed by atoms with E-state index in [4.69, 9.17) is 4.74 Å². The van der Waals surface area contributed by atoms with E-state index in [9.17, 15) is 14.7 Å². The van der Waals surface area contributed by atoms with E-state index in [0.29, 0.717) is 36.8 Å². The lowest BCUT2D eigenvalue weighted by molar-refractivity contribution is -0.136. The number of fused-ring (bicyclic) bond motifs is 2. The normalized spacial score (nSPS) is 18.0. The number of hydrogen-bond donors (Lipinski definition) is 1. The van der Waals surface area contributed by atoms with Gasteiger partial charge in [-0.05, 0) is 103 Å². The molecule has 0 atom stereocenters. The van der Waals surface area contributed by atoms with Crippen molar-refractivity contribution in [3.05, 3.63) is 50.8 Å². The molecule has 0 unspecified atom stereocenters. The van der Waals surface area contributed by atoms with Crippen LogP contribution in [0.15, 0.2) is 6.07 Å². The lowest BCUT2D eigenvalue weighted by Crippen LogP contribution is -2.40. The molecule has 5 rings (SSSR count). The molecule has 1 amide bonds. The van der Waals surface area contributed by atoms with Crippen LogP contribution in [0.4, 0.5) is 4.39 Å². The highest BCUT2D eigenvalue weighted by molar-refractivity contribution is 5.87. The van der Waals surface area contributed by atoms with Gasteiger partial charge in [-0.1, -0.05) is 19.3 Å². The molecule has 1 fully saturated rings. The molecule has 2 heterocycles. The van der Waals surface area contributed by atoms with Gasteiger partial charge in [0.15, 0.2) is 11.6 Å². The van der Waals surface area contributed by atoms with Crippen molar-refractivity contribution in [1.82, 2.24) is 4.90 Å². The molecule has 192 valence electrons. The molecule has 2 aromatic carbocycles. The summed E-state index contributed by atoms with van der Waals surface area (Å²) in [7, 11) is 0. The van der Waals surface area contributed by atoms with Gasteiger partial charge in [0.2, 0.25) is 5.91 Å². The highest BCUT2D eigenvalue weighted by Crippen LogP contribution is 2.43. The summed E-state index contributed by atoms with van der Waals surface area (Å²) in [5, 5.41) is 9.78. The number of benzene rings is 2. The summed E-state index contributed by atoms with van der Waals surface area (Å²) in [5.74, 6) is -0.320. The summed E-state index contributed by atoms with van der Waals surface area (Å²) in [5.41, 5.74) is 7.94. The molecule has 0 saturated heterocycles. The molecule has 2 aliphatic heterocycles. The van der Waals surface area contributed by atoms with Crippen LogP contribution in [0.5, 0.6) is 5.75 Å². The van der Waals surface area contributed by atoms with Crippen molar-refractivity contribution in [2.75, 3.05) is 13.2 Å². The van der Waals surface area contributed by atoms with Crippen LogP contribution in [0.1, 0.15) is 77.5 Å². The highest BCUT2D eigenvalue weighted by Gasteiger charge is 2.32. The van der Waals surface area contributed by atoms with Crippen molar-refractivity contribution in [1.29, 1.82) is 0 Å². The van der Waals surface area contributed by atoms with Gasteiger partial charge in [-0.2, -0.15) is 0 Å². The predicted octanol–water partition coefficient (Wildman–Crippen LogP) is 5.84. The van der Waals surface area contributed by atoms with Crippen molar-refractivity contribution < 1.29 is 23.8 Å². The average molecular weight is 494 g/mol. The quantitative estimate of drug-likeness (QED) is 0.569. The second-order valence-corrected chi connectivity index (χ2v) is 10.9. The van der Waals surface area contributed by atoms with Gasteiger partial charge in [0.05, 0.1) is 19.4 Å². The van der Waals surface area contributed by atoms with Gasteiger partial charge in [0, 0.05) is 18.7 Å². The van der Waals surface area contributed by atoms with Crippen molar-refractivity contribution in [3.63, 3.8) is 0 Å². The number of ether oxygens (including phenoxy) is 1. The maximum absolute atomic E-state index is 15.2. The summed E-state index contributed by atoms with van der Waals surface area (Å²) in [6.45, 7) is 7.76. The maximum Gasteiger partial charge on any atom is 0.307 e. The van der Waals surface area contributed by atoms with E-state index in [1.165, 1.54) is 38.2 Å². The van der Waals surface area contributed by atoms with Crippen LogP contribution in [0.3, 0.4) is 0 Å². The van der Waals surface area contributed by atoms with Gasteiger partial charge in [0.25, 0.3) is 0 Å². The topological polar surface area (TPSA) is 66.8 Å². The van der Waals surface area contributed by atoms with Crippen LogP contribution in [0.2, 0.25) is 0 Å². The number of aliphatic carboxylic acids is 1. The molecule has 0 radical (unpaired) electrons. The van der Waals surface area contributed by atoms with E-state index in [1.54, 1.807) is 0 Å². The van der Waals surface area contributed by atoms with Crippen molar-refractivity contribution in [3.8, 4) is 16.9 Å². The van der Waals surface area contributed by atoms with E-state index in [-0.39, 0.29) is 12.3 Å². The third-order valence-corrected chi connectivity index (χ3v) is 8.67. The summed E-state index contributed by atoms with van der Waals surface area (Å²) in [6, 6.07) is 1.52. The number of halogens is 1. The smallest absolute Gasteiger partial charge is 0.307 e. The Bertz CT molecular complexity index is 1230. The maximum atomic E-state index is 15.2. The first kappa shape index (κ1) is 24.8. The number of rotatable bonds is 5. The predicted molar refractivity (Wildman–Crippen MR) is 137 cm³/mol. The number of carboxylic acids is 1. The zero-order valence-electron chi connectivity index (χ0n) is 21.6. The Morgan fingerprint density at radius 1 is 1.06 bits per heavy atom. The molecule has 6 heteroatoms. The first-order valence-corrected chi connectivity index (χ1v) is 13.3. The molecular weight excluding hydrogens is 457 g/mol. The second kappa shape index (κ2) is 9.87. The third kappa shape index (κ3) is 4.39. The molecule has 5 nitrogen and oxygen atoms in total. The fourth-order valence-corrected chi connectivity index (χ4v) is 6.70. The van der Waals surface area contributed by atoms with Crippen molar-refractivity contribution >= 4 is 11.9 Å². The fourth-order valence-electron chi connectivity index (χ4n) is 6.70. The van der Waals surface area contributed by atoms with Gasteiger partial charge in [-0.15, -0.1) is 0 Å². The Morgan fingerprint density at radius 2 is 1.81 bits per heavy atom. The van der Waals surface area contributed by atoms with Crippen LogP contribution in [0, 0.1) is 32.5 Å². The van der Waals surface area contributed by atoms with Crippen molar-refractivity contribution in [2.24, 2.45) is 5.92 Å². The molecule has 36 heavy (non-hydrogen) atoms. The van der Waals surface area contributed by atoms with Crippen LogP contribution in [-0.4, -0.2) is 35.0 Å². The zero-order chi connectivity index (χ0) is 25.6. The van der Waals surface area contributed by atoms with E-state index in [1.807, 2.05) is 25.7 Å². The summed E-state index contributed by atoms with van der Waals surface area (Å²) >= 11 is 0. The lowest BCUT2D eigenvalue weighted by Gasteiger charge is -2.36. The van der Waals surface area contributed by atoms with Crippen LogP contribution in [0.25, 0.3) is 11.1 Å². The van der Waals surface area contributed by atoms with E-state index < -0.39 is 11.8 Å². The summed E-state index contributed by atoms with van der Waals surface area (Å²) < 4.78 is 20.9. The zero-order valence-corrected chi connectivity index (χ0v) is 21.6. The molecular formula is C30H36FNO4. The minimum Gasteiger partial charge on any atom is -0.490 e. The minimum absolute atomic E-state index is 0.123.